The molecule has 0 bridgehead atoms. The van der Waals surface area contributed by atoms with Crippen LogP contribution in [0.1, 0.15) is 61.7 Å². The Bertz CT molecular complexity index is 552. The standard InChI is InChI=1S/C15H21ClN4/c1-12(16)13-9-17-19(10-13)11-14-7-8-20(18-14)15-5-3-2-4-6-15/h7-10,12,15H,2-6,11H2,1H3. The van der Waals surface area contributed by atoms with Crippen molar-refractivity contribution in [2.45, 2.75) is 57.0 Å². The Balaban J connectivity index is 1.66. The van der Waals surface area contributed by atoms with E-state index < -0.39 is 0 Å². The summed E-state index contributed by atoms with van der Waals surface area (Å²) in [6, 6.07) is 2.69. The molecule has 0 aromatic carbocycles. The molecular formula is C15H21ClN4. The summed E-state index contributed by atoms with van der Waals surface area (Å²) in [6.45, 7) is 2.67. The molecule has 1 aliphatic rings. The van der Waals surface area contributed by atoms with E-state index in [4.69, 9.17) is 16.7 Å². The highest BCUT2D eigenvalue weighted by atomic mass is 35.5. The van der Waals surface area contributed by atoms with Gasteiger partial charge < -0.3 is 0 Å². The predicted molar refractivity (Wildman–Crippen MR) is 79.9 cm³/mol. The molecule has 1 fully saturated rings. The van der Waals surface area contributed by atoms with E-state index in [2.05, 4.69) is 22.0 Å². The van der Waals surface area contributed by atoms with E-state index >= 15 is 0 Å². The molecule has 1 aliphatic carbocycles. The molecule has 2 aromatic heterocycles. The second-order valence-electron chi connectivity index (χ2n) is 5.67. The molecule has 4 nitrogen and oxygen atoms in total. The van der Waals surface area contributed by atoms with E-state index in [0.29, 0.717) is 12.6 Å². The van der Waals surface area contributed by atoms with Gasteiger partial charge in [0.2, 0.25) is 0 Å². The van der Waals surface area contributed by atoms with Gasteiger partial charge in [-0.2, -0.15) is 10.2 Å². The quantitative estimate of drug-likeness (QED) is 0.800. The fraction of sp³-hybridized carbons (Fsp3) is 0.600. The molecule has 0 saturated heterocycles. The summed E-state index contributed by atoms with van der Waals surface area (Å²) in [6.07, 6.45) is 12.5. The van der Waals surface area contributed by atoms with Gasteiger partial charge in [0.05, 0.1) is 29.9 Å². The van der Waals surface area contributed by atoms with E-state index in [1.807, 2.05) is 24.0 Å². The molecule has 0 amide bonds. The van der Waals surface area contributed by atoms with Crippen molar-refractivity contribution in [2.24, 2.45) is 0 Å². The highest BCUT2D eigenvalue weighted by Gasteiger charge is 2.16. The molecule has 1 unspecified atom stereocenters. The summed E-state index contributed by atoms with van der Waals surface area (Å²) in [5, 5.41) is 9.05. The number of rotatable bonds is 4. The lowest BCUT2D eigenvalue weighted by Crippen LogP contribution is -2.13. The fourth-order valence-electron chi connectivity index (χ4n) is 2.85. The maximum atomic E-state index is 6.05. The van der Waals surface area contributed by atoms with Gasteiger partial charge in [0.1, 0.15) is 0 Å². The molecule has 5 heteroatoms. The highest BCUT2D eigenvalue weighted by Crippen LogP contribution is 2.27. The number of halogens is 1. The Morgan fingerprint density at radius 2 is 2.15 bits per heavy atom. The summed E-state index contributed by atoms with van der Waals surface area (Å²) in [4.78, 5) is 0. The average molecular weight is 293 g/mol. The van der Waals surface area contributed by atoms with Crippen LogP contribution in [0.2, 0.25) is 0 Å². The van der Waals surface area contributed by atoms with Crippen LogP contribution >= 0.6 is 11.6 Å². The van der Waals surface area contributed by atoms with E-state index in [1.165, 1.54) is 32.1 Å². The fourth-order valence-corrected chi connectivity index (χ4v) is 2.96. The molecule has 2 aromatic rings. The monoisotopic (exact) mass is 292 g/mol. The molecular weight excluding hydrogens is 272 g/mol. The van der Waals surface area contributed by atoms with Gasteiger partial charge in [-0.25, -0.2) is 0 Å². The van der Waals surface area contributed by atoms with Crippen molar-refractivity contribution in [1.82, 2.24) is 19.6 Å². The van der Waals surface area contributed by atoms with Gasteiger partial charge in [0.15, 0.2) is 0 Å². The molecule has 20 heavy (non-hydrogen) atoms. The first-order valence-corrected chi connectivity index (χ1v) is 7.86. The number of alkyl halides is 1. The number of hydrogen-bond donors (Lipinski definition) is 0. The molecule has 0 N–H and O–H groups in total. The predicted octanol–water partition coefficient (Wildman–Crippen LogP) is 3.93. The van der Waals surface area contributed by atoms with Gasteiger partial charge in [0, 0.05) is 18.0 Å². The summed E-state index contributed by atoms with van der Waals surface area (Å²) < 4.78 is 4.05. The molecule has 3 rings (SSSR count). The van der Waals surface area contributed by atoms with Crippen LogP contribution in [0, 0.1) is 0 Å². The van der Waals surface area contributed by atoms with Gasteiger partial charge >= 0.3 is 0 Å². The molecule has 0 spiro atoms. The first-order chi connectivity index (χ1) is 9.72. The van der Waals surface area contributed by atoms with Gasteiger partial charge in [-0.1, -0.05) is 19.3 Å². The van der Waals surface area contributed by atoms with E-state index in [1.54, 1.807) is 0 Å². The van der Waals surface area contributed by atoms with Crippen molar-refractivity contribution in [2.75, 3.05) is 0 Å². The average Bonchev–Trinajstić information content (AvgIpc) is 3.10. The van der Waals surface area contributed by atoms with Crippen LogP contribution in [-0.4, -0.2) is 19.6 Å². The van der Waals surface area contributed by atoms with Crippen molar-refractivity contribution in [3.63, 3.8) is 0 Å². The number of aromatic nitrogens is 4. The third kappa shape index (κ3) is 3.06. The van der Waals surface area contributed by atoms with Crippen molar-refractivity contribution in [1.29, 1.82) is 0 Å². The molecule has 2 heterocycles. The molecule has 1 atom stereocenters. The van der Waals surface area contributed by atoms with Crippen molar-refractivity contribution in [3.8, 4) is 0 Å². The zero-order valence-electron chi connectivity index (χ0n) is 11.9. The van der Waals surface area contributed by atoms with Gasteiger partial charge in [-0.05, 0) is 25.8 Å². The smallest absolute Gasteiger partial charge is 0.0849 e. The van der Waals surface area contributed by atoms with E-state index in [0.717, 1.165) is 11.3 Å². The van der Waals surface area contributed by atoms with Crippen LogP contribution in [0.15, 0.2) is 24.7 Å². The molecule has 0 radical (unpaired) electrons. The lowest BCUT2D eigenvalue weighted by molar-refractivity contribution is 0.327. The van der Waals surface area contributed by atoms with E-state index in [9.17, 15) is 0 Å². The first kappa shape index (κ1) is 13.7. The minimum Gasteiger partial charge on any atom is -0.269 e. The van der Waals surface area contributed by atoms with Crippen molar-refractivity contribution >= 4 is 11.6 Å². The summed E-state index contributed by atoms with van der Waals surface area (Å²) in [5.74, 6) is 0. The van der Waals surface area contributed by atoms with Gasteiger partial charge in [-0.3, -0.25) is 9.36 Å². The zero-order valence-corrected chi connectivity index (χ0v) is 12.6. The van der Waals surface area contributed by atoms with Crippen molar-refractivity contribution < 1.29 is 0 Å². The SMILES string of the molecule is CC(Cl)c1cnn(Cc2ccn(C3CCCCC3)n2)c1. The van der Waals surface area contributed by atoms with Crippen LogP contribution in [0.4, 0.5) is 0 Å². The Morgan fingerprint density at radius 1 is 1.35 bits per heavy atom. The second-order valence-corrected chi connectivity index (χ2v) is 6.32. The maximum Gasteiger partial charge on any atom is 0.0849 e. The Kier molecular flexibility index (Phi) is 4.10. The summed E-state index contributed by atoms with van der Waals surface area (Å²) >= 11 is 6.05. The number of hydrogen-bond acceptors (Lipinski definition) is 2. The normalized spacial score (nSPS) is 18.3. The maximum absolute atomic E-state index is 6.05. The lowest BCUT2D eigenvalue weighted by Gasteiger charge is -2.21. The van der Waals surface area contributed by atoms with E-state index in [-0.39, 0.29) is 5.38 Å². The largest absolute Gasteiger partial charge is 0.269 e. The van der Waals surface area contributed by atoms with Crippen LogP contribution in [0.25, 0.3) is 0 Å². The molecule has 0 aliphatic heterocycles. The third-order valence-corrected chi connectivity index (χ3v) is 4.30. The van der Waals surface area contributed by atoms with Crippen LogP contribution in [0.5, 0.6) is 0 Å². The van der Waals surface area contributed by atoms with Crippen LogP contribution in [-0.2, 0) is 6.54 Å². The van der Waals surface area contributed by atoms with Gasteiger partial charge in [0.25, 0.3) is 0 Å². The molecule has 108 valence electrons. The topological polar surface area (TPSA) is 35.6 Å². The highest BCUT2D eigenvalue weighted by molar-refractivity contribution is 6.20. The first-order valence-electron chi connectivity index (χ1n) is 7.43. The Labute approximate surface area is 124 Å². The van der Waals surface area contributed by atoms with Crippen molar-refractivity contribution in [3.05, 3.63) is 35.9 Å². The Hall–Kier alpha value is -1.29. The second kappa shape index (κ2) is 6.00. The lowest BCUT2D eigenvalue weighted by atomic mass is 9.96. The minimum atomic E-state index is 0.00328. The summed E-state index contributed by atoms with van der Waals surface area (Å²) in [7, 11) is 0. The molecule has 1 saturated carbocycles. The van der Waals surface area contributed by atoms with Gasteiger partial charge in [-0.15, -0.1) is 11.6 Å². The third-order valence-electron chi connectivity index (χ3n) is 4.05. The number of nitrogens with zero attached hydrogens (tertiary/aromatic N) is 4. The van der Waals surface area contributed by atoms with Crippen LogP contribution in [0.3, 0.4) is 0 Å². The zero-order chi connectivity index (χ0) is 13.9. The summed E-state index contributed by atoms with van der Waals surface area (Å²) in [5.41, 5.74) is 2.12. The Morgan fingerprint density at radius 3 is 2.85 bits per heavy atom. The van der Waals surface area contributed by atoms with Crippen LogP contribution < -0.4 is 0 Å². The minimum absolute atomic E-state index is 0.00328.